The van der Waals surface area contributed by atoms with Gasteiger partial charge in [0.25, 0.3) is 0 Å². The van der Waals surface area contributed by atoms with E-state index >= 15 is 0 Å². The van der Waals surface area contributed by atoms with E-state index in [1.54, 1.807) is 6.26 Å². The summed E-state index contributed by atoms with van der Waals surface area (Å²) < 4.78 is 5.36. The van der Waals surface area contributed by atoms with Gasteiger partial charge < -0.3 is 20.4 Å². The van der Waals surface area contributed by atoms with E-state index in [9.17, 15) is 4.79 Å². The van der Waals surface area contributed by atoms with Crippen molar-refractivity contribution in [3.05, 3.63) is 24.2 Å². The van der Waals surface area contributed by atoms with Crippen molar-refractivity contribution in [2.45, 2.75) is 64.8 Å². The minimum Gasteiger partial charge on any atom is -0.469 e. The third-order valence-corrected chi connectivity index (χ3v) is 4.42. The maximum absolute atomic E-state index is 12.0. The number of nitrogens with one attached hydrogen (secondary N) is 3. The molecule has 0 spiro atoms. The summed E-state index contributed by atoms with van der Waals surface area (Å²) in [6.45, 7) is 7.66. The van der Waals surface area contributed by atoms with Crippen LogP contribution < -0.4 is 16.0 Å². The van der Waals surface area contributed by atoms with Crippen LogP contribution in [0.25, 0.3) is 0 Å². The summed E-state index contributed by atoms with van der Waals surface area (Å²) >= 11 is 0. The fourth-order valence-corrected chi connectivity index (χ4v) is 3.17. The topological polar surface area (TPSA) is 78.7 Å². The third kappa shape index (κ3) is 10.6. The second-order valence-corrected chi connectivity index (χ2v) is 8.10. The Bertz CT molecular complexity index is 561. The lowest BCUT2D eigenvalue weighted by molar-refractivity contribution is -0.121. The molecular formula is C20H35IN4O2. The smallest absolute Gasteiger partial charge is 0.242 e. The molecular weight excluding hydrogens is 455 g/mol. The monoisotopic (exact) mass is 490 g/mol. The molecule has 3 N–H and O–H groups in total. The average molecular weight is 490 g/mol. The van der Waals surface area contributed by atoms with Crippen molar-refractivity contribution < 1.29 is 9.21 Å². The van der Waals surface area contributed by atoms with E-state index in [-0.39, 0.29) is 42.0 Å². The largest absolute Gasteiger partial charge is 0.469 e. The van der Waals surface area contributed by atoms with Crippen LogP contribution in [0, 0.1) is 5.92 Å². The van der Waals surface area contributed by atoms with Crippen molar-refractivity contribution in [3.63, 3.8) is 0 Å². The highest BCUT2D eigenvalue weighted by atomic mass is 127. The van der Waals surface area contributed by atoms with Gasteiger partial charge in [0.05, 0.1) is 6.26 Å². The molecule has 7 heteroatoms. The van der Waals surface area contributed by atoms with Gasteiger partial charge in [-0.3, -0.25) is 4.79 Å². The van der Waals surface area contributed by atoms with Crippen LogP contribution >= 0.6 is 24.0 Å². The van der Waals surface area contributed by atoms with E-state index in [1.165, 1.54) is 32.1 Å². The number of guanidine groups is 1. The van der Waals surface area contributed by atoms with Crippen molar-refractivity contribution in [1.82, 2.24) is 16.0 Å². The zero-order valence-electron chi connectivity index (χ0n) is 16.8. The highest BCUT2D eigenvalue weighted by Crippen LogP contribution is 2.22. The molecule has 6 nitrogen and oxygen atoms in total. The van der Waals surface area contributed by atoms with Gasteiger partial charge in [-0.2, -0.15) is 0 Å². The van der Waals surface area contributed by atoms with Crippen LogP contribution in [-0.4, -0.2) is 37.0 Å². The van der Waals surface area contributed by atoms with Gasteiger partial charge in [0.1, 0.15) is 12.3 Å². The molecule has 154 valence electrons. The van der Waals surface area contributed by atoms with Crippen LogP contribution in [0.1, 0.15) is 58.6 Å². The number of hydrogen-bond donors (Lipinski definition) is 3. The second-order valence-electron chi connectivity index (χ2n) is 8.10. The van der Waals surface area contributed by atoms with Crippen LogP contribution in [-0.2, 0) is 11.2 Å². The van der Waals surface area contributed by atoms with Crippen LogP contribution in [0.2, 0.25) is 0 Å². The van der Waals surface area contributed by atoms with Crippen molar-refractivity contribution in [1.29, 1.82) is 0 Å². The minimum absolute atomic E-state index is 0. The van der Waals surface area contributed by atoms with Gasteiger partial charge in [0.15, 0.2) is 5.96 Å². The average Bonchev–Trinajstić information content (AvgIpc) is 3.09. The number of furan rings is 1. The maximum Gasteiger partial charge on any atom is 0.242 e. The lowest BCUT2D eigenvalue weighted by Crippen LogP contribution is -2.44. The predicted octanol–water partition coefficient (Wildman–Crippen LogP) is 3.47. The number of carbonyl (C=O) groups excluding carboxylic acids is 1. The van der Waals surface area contributed by atoms with Crippen LogP contribution in [0.15, 0.2) is 27.8 Å². The zero-order valence-corrected chi connectivity index (χ0v) is 19.2. The molecule has 0 saturated heterocycles. The summed E-state index contributed by atoms with van der Waals surface area (Å²) in [6.07, 6.45) is 9.01. The van der Waals surface area contributed by atoms with E-state index < -0.39 is 0 Å². The van der Waals surface area contributed by atoms with Gasteiger partial charge in [-0.25, -0.2) is 4.99 Å². The number of halogens is 1. The van der Waals surface area contributed by atoms with Crippen molar-refractivity contribution in [2.75, 3.05) is 19.6 Å². The van der Waals surface area contributed by atoms with E-state index in [2.05, 4.69) is 20.9 Å². The van der Waals surface area contributed by atoms with Crippen LogP contribution in [0.4, 0.5) is 0 Å². The molecule has 0 radical (unpaired) electrons. The maximum atomic E-state index is 12.0. The Balaban J connectivity index is 0.00000364. The predicted molar refractivity (Wildman–Crippen MR) is 121 cm³/mol. The van der Waals surface area contributed by atoms with Crippen molar-refractivity contribution in [3.8, 4) is 0 Å². The molecule has 1 heterocycles. The molecule has 1 saturated carbocycles. The molecule has 0 bridgehead atoms. The SMILES string of the molecule is CC(C)(C)NC(=O)CN=C(NCCc1ccco1)NCC1CCCCC1.I. The first-order valence-corrected chi connectivity index (χ1v) is 9.78. The van der Waals surface area contributed by atoms with Crippen molar-refractivity contribution >= 4 is 35.8 Å². The van der Waals surface area contributed by atoms with Gasteiger partial charge in [-0.1, -0.05) is 19.3 Å². The zero-order chi connectivity index (χ0) is 18.8. The molecule has 1 aromatic rings. The van der Waals surface area contributed by atoms with Crippen LogP contribution in [0.5, 0.6) is 0 Å². The van der Waals surface area contributed by atoms with Gasteiger partial charge in [0, 0.05) is 25.0 Å². The Kier molecular flexibility index (Phi) is 10.8. The lowest BCUT2D eigenvalue weighted by atomic mass is 9.89. The first-order valence-electron chi connectivity index (χ1n) is 9.78. The first-order chi connectivity index (χ1) is 12.4. The molecule has 0 atom stereocenters. The number of hydrogen-bond acceptors (Lipinski definition) is 3. The van der Waals surface area contributed by atoms with Gasteiger partial charge in [-0.15, -0.1) is 24.0 Å². The molecule has 2 rings (SSSR count). The highest BCUT2D eigenvalue weighted by Gasteiger charge is 2.15. The Morgan fingerprint density at radius 2 is 1.96 bits per heavy atom. The highest BCUT2D eigenvalue weighted by molar-refractivity contribution is 14.0. The summed E-state index contributed by atoms with van der Waals surface area (Å²) in [5.41, 5.74) is -0.241. The molecule has 27 heavy (non-hydrogen) atoms. The number of aliphatic imine (C=N–C) groups is 1. The Labute approximate surface area is 180 Å². The molecule has 0 aromatic carbocycles. The molecule has 1 aliphatic carbocycles. The molecule has 0 aliphatic heterocycles. The van der Waals surface area contributed by atoms with Crippen molar-refractivity contribution in [2.24, 2.45) is 10.9 Å². The third-order valence-electron chi connectivity index (χ3n) is 4.42. The molecule has 1 aromatic heterocycles. The number of rotatable bonds is 7. The fourth-order valence-electron chi connectivity index (χ4n) is 3.17. The summed E-state index contributed by atoms with van der Waals surface area (Å²) in [5.74, 6) is 2.27. The standard InChI is InChI=1S/C20H34N4O2.HI/c1-20(2,3)24-18(25)15-23-19(21-12-11-17-10-7-13-26-17)22-14-16-8-5-4-6-9-16;/h7,10,13,16H,4-6,8-9,11-12,14-15H2,1-3H3,(H,24,25)(H2,21,22,23);1H. The quantitative estimate of drug-likeness (QED) is 0.311. The molecule has 1 amide bonds. The fraction of sp³-hybridized carbons (Fsp3) is 0.700. The Morgan fingerprint density at radius 1 is 1.22 bits per heavy atom. The Hall–Kier alpha value is -1.25. The number of carbonyl (C=O) groups is 1. The molecule has 0 unspecified atom stereocenters. The van der Waals surface area contributed by atoms with Gasteiger partial charge >= 0.3 is 0 Å². The van der Waals surface area contributed by atoms with E-state index in [1.807, 2.05) is 32.9 Å². The summed E-state index contributed by atoms with van der Waals surface area (Å²) in [5, 5.41) is 9.67. The normalized spacial score (nSPS) is 15.7. The van der Waals surface area contributed by atoms with Crippen LogP contribution in [0.3, 0.4) is 0 Å². The van der Waals surface area contributed by atoms with E-state index in [0.717, 1.165) is 18.7 Å². The molecule has 1 aliphatic rings. The Morgan fingerprint density at radius 3 is 2.59 bits per heavy atom. The van der Waals surface area contributed by atoms with Gasteiger partial charge in [0.2, 0.25) is 5.91 Å². The molecule has 1 fully saturated rings. The van der Waals surface area contributed by atoms with E-state index in [0.29, 0.717) is 18.4 Å². The lowest BCUT2D eigenvalue weighted by Gasteiger charge is -2.23. The first kappa shape index (κ1) is 23.8. The number of amides is 1. The summed E-state index contributed by atoms with van der Waals surface area (Å²) in [7, 11) is 0. The number of nitrogens with zero attached hydrogens (tertiary/aromatic N) is 1. The summed E-state index contributed by atoms with van der Waals surface area (Å²) in [6, 6.07) is 3.85. The van der Waals surface area contributed by atoms with E-state index in [4.69, 9.17) is 4.42 Å². The van der Waals surface area contributed by atoms with Gasteiger partial charge in [-0.05, 0) is 51.7 Å². The second kappa shape index (κ2) is 12.3. The minimum atomic E-state index is -0.241. The summed E-state index contributed by atoms with van der Waals surface area (Å²) in [4.78, 5) is 16.5.